The molecule has 21 heavy (non-hydrogen) atoms. The Morgan fingerprint density at radius 3 is 2.86 bits per heavy atom. The zero-order valence-electron chi connectivity index (χ0n) is 13.1. The van der Waals surface area contributed by atoms with Gasteiger partial charge in [0.05, 0.1) is 0 Å². The maximum Gasteiger partial charge on any atom is 0.257 e. The van der Waals surface area contributed by atoms with Crippen LogP contribution >= 0.6 is 0 Å². The molecule has 1 aromatic carbocycles. The number of hydrogen-bond acceptors (Lipinski definition) is 3. The Kier molecular flexibility index (Phi) is 6.05. The first-order valence-corrected chi connectivity index (χ1v) is 7.78. The Balaban J connectivity index is 1.60. The molecular weight excluding hydrogens is 264 g/mol. The number of ether oxygens (including phenoxy) is 1. The molecule has 0 saturated carbocycles. The molecule has 4 nitrogen and oxygen atoms in total. The maximum absolute atomic E-state index is 11.7. The van der Waals surface area contributed by atoms with Crippen LogP contribution in [-0.2, 0) is 4.79 Å². The average Bonchev–Trinajstić information content (AvgIpc) is 2.47. The highest BCUT2D eigenvalue weighted by atomic mass is 16.5. The van der Waals surface area contributed by atoms with E-state index in [0.29, 0.717) is 5.92 Å². The van der Waals surface area contributed by atoms with Crippen molar-refractivity contribution >= 4 is 5.91 Å². The number of likely N-dealkylation sites (tertiary alicyclic amines) is 1. The molecule has 1 amide bonds. The predicted octanol–water partition coefficient (Wildman–Crippen LogP) is 2.22. The summed E-state index contributed by atoms with van der Waals surface area (Å²) in [5.74, 6) is 1.41. The summed E-state index contributed by atoms with van der Waals surface area (Å²) in [6, 6.07) is 7.74. The van der Waals surface area contributed by atoms with Crippen LogP contribution in [0.1, 0.15) is 24.8 Å². The molecule has 0 spiro atoms. The Hall–Kier alpha value is -1.55. The number of amides is 1. The van der Waals surface area contributed by atoms with Crippen molar-refractivity contribution in [2.45, 2.75) is 26.2 Å². The summed E-state index contributed by atoms with van der Waals surface area (Å²) in [6.45, 7) is 5.21. The standard InChI is InChI=1S/C17H26N2O2/c1-14-5-7-16(8-6-14)21-13-17(20)18-10-9-15-4-3-11-19(2)12-15/h5-8,15H,3-4,9-13H2,1-2H3,(H,18,20). The van der Waals surface area contributed by atoms with Crippen LogP contribution in [0.4, 0.5) is 0 Å². The van der Waals surface area contributed by atoms with Crippen LogP contribution in [0, 0.1) is 12.8 Å². The van der Waals surface area contributed by atoms with Crippen molar-refractivity contribution < 1.29 is 9.53 Å². The molecule has 0 radical (unpaired) electrons. The molecule has 1 aliphatic heterocycles. The van der Waals surface area contributed by atoms with Crippen molar-refractivity contribution in [3.8, 4) is 5.75 Å². The van der Waals surface area contributed by atoms with Crippen molar-refractivity contribution in [1.29, 1.82) is 0 Å². The van der Waals surface area contributed by atoms with Gasteiger partial charge in [-0.3, -0.25) is 4.79 Å². The van der Waals surface area contributed by atoms with Crippen LogP contribution in [0.3, 0.4) is 0 Å². The lowest BCUT2D eigenvalue weighted by Crippen LogP contribution is -2.35. The SMILES string of the molecule is Cc1ccc(OCC(=O)NCCC2CCCN(C)C2)cc1. The highest BCUT2D eigenvalue weighted by Gasteiger charge is 2.16. The van der Waals surface area contributed by atoms with Crippen LogP contribution in [0.15, 0.2) is 24.3 Å². The van der Waals surface area contributed by atoms with Crippen molar-refractivity contribution in [3.63, 3.8) is 0 Å². The Bertz CT molecular complexity index is 445. The van der Waals surface area contributed by atoms with Gasteiger partial charge in [0.15, 0.2) is 6.61 Å². The van der Waals surface area contributed by atoms with Gasteiger partial charge in [0, 0.05) is 13.1 Å². The highest BCUT2D eigenvalue weighted by Crippen LogP contribution is 2.17. The molecule has 2 rings (SSSR count). The van der Waals surface area contributed by atoms with Crippen molar-refractivity contribution in [2.24, 2.45) is 5.92 Å². The van der Waals surface area contributed by atoms with E-state index in [0.717, 1.165) is 25.3 Å². The number of nitrogens with one attached hydrogen (secondary N) is 1. The van der Waals surface area contributed by atoms with Gasteiger partial charge in [-0.15, -0.1) is 0 Å². The van der Waals surface area contributed by atoms with Crippen LogP contribution < -0.4 is 10.1 Å². The first kappa shape index (κ1) is 15.8. The van der Waals surface area contributed by atoms with Gasteiger partial charge in [-0.05, 0) is 57.8 Å². The first-order valence-electron chi connectivity index (χ1n) is 7.78. The number of carbonyl (C=O) groups excluding carboxylic acids is 1. The molecule has 0 aromatic heterocycles. The van der Waals surface area contributed by atoms with Gasteiger partial charge in [0.1, 0.15) is 5.75 Å². The third-order valence-corrected chi connectivity index (χ3v) is 3.99. The second-order valence-electron chi connectivity index (χ2n) is 6.01. The van der Waals surface area contributed by atoms with E-state index < -0.39 is 0 Å². The lowest BCUT2D eigenvalue weighted by Gasteiger charge is -2.29. The summed E-state index contributed by atoms with van der Waals surface area (Å²) in [5.41, 5.74) is 1.18. The highest BCUT2D eigenvalue weighted by molar-refractivity contribution is 5.77. The molecule has 0 bridgehead atoms. The van der Waals surface area contributed by atoms with E-state index in [1.165, 1.54) is 24.9 Å². The van der Waals surface area contributed by atoms with Gasteiger partial charge in [0.25, 0.3) is 5.91 Å². The molecule has 4 heteroatoms. The molecule has 1 aliphatic rings. The Labute approximate surface area is 127 Å². The minimum absolute atomic E-state index is 0.0419. The monoisotopic (exact) mass is 290 g/mol. The van der Waals surface area contributed by atoms with Gasteiger partial charge >= 0.3 is 0 Å². The summed E-state index contributed by atoms with van der Waals surface area (Å²) in [7, 11) is 2.17. The lowest BCUT2D eigenvalue weighted by molar-refractivity contribution is -0.123. The van der Waals surface area contributed by atoms with Gasteiger partial charge in [-0.2, -0.15) is 0 Å². The minimum Gasteiger partial charge on any atom is -0.484 e. The minimum atomic E-state index is -0.0419. The first-order chi connectivity index (χ1) is 10.1. The number of benzene rings is 1. The number of hydrogen-bond donors (Lipinski definition) is 1. The Morgan fingerprint density at radius 1 is 1.38 bits per heavy atom. The second kappa shape index (κ2) is 8.03. The number of aryl methyl sites for hydroxylation is 1. The van der Waals surface area contributed by atoms with E-state index in [1.807, 2.05) is 31.2 Å². The van der Waals surface area contributed by atoms with Crippen molar-refractivity contribution in [1.82, 2.24) is 10.2 Å². The number of nitrogens with zero attached hydrogens (tertiary/aromatic N) is 1. The van der Waals surface area contributed by atoms with Gasteiger partial charge in [-0.25, -0.2) is 0 Å². The maximum atomic E-state index is 11.7. The summed E-state index contributed by atoms with van der Waals surface area (Å²) >= 11 is 0. The van der Waals surface area contributed by atoms with Crippen molar-refractivity contribution in [2.75, 3.05) is 33.3 Å². The fraction of sp³-hybridized carbons (Fsp3) is 0.588. The largest absolute Gasteiger partial charge is 0.484 e. The van der Waals surface area contributed by atoms with Gasteiger partial charge in [0.2, 0.25) is 0 Å². The van der Waals surface area contributed by atoms with E-state index >= 15 is 0 Å². The molecule has 0 aliphatic carbocycles. The van der Waals surface area contributed by atoms with Gasteiger partial charge in [-0.1, -0.05) is 17.7 Å². The normalized spacial score (nSPS) is 19.2. The van der Waals surface area contributed by atoms with E-state index in [4.69, 9.17) is 4.74 Å². The van der Waals surface area contributed by atoms with Gasteiger partial charge < -0.3 is 15.0 Å². The summed E-state index contributed by atoms with van der Waals surface area (Å²) in [5, 5.41) is 2.94. The van der Waals surface area contributed by atoms with Crippen LogP contribution in [0.5, 0.6) is 5.75 Å². The zero-order valence-corrected chi connectivity index (χ0v) is 13.1. The fourth-order valence-electron chi connectivity index (χ4n) is 2.76. The molecular formula is C17H26N2O2. The zero-order chi connectivity index (χ0) is 15.1. The lowest BCUT2D eigenvalue weighted by atomic mass is 9.95. The molecule has 1 saturated heterocycles. The summed E-state index contributed by atoms with van der Waals surface area (Å²) in [6.07, 6.45) is 3.60. The van der Waals surface area contributed by atoms with E-state index in [-0.39, 0.29) is 12.5 Å². The molecule has 1 atom stereocenters. The van der Waals surface area contributed by atoms with Crippen LogP contribution in [0.2, 0.25) is 0 Å². The molecule has 116 valence electrons. The third-order valence-electron chi connectivity index (χ3n) is 3.99. The van der Waals surface area contributed by atoms with Crippen LogP contribution in [0.25, 0.3) is 0 Å². The molecule has 1 heterocycles. The number of rotatable bonds is 6. The predicted molar refractivity (Wildman–Crippen MR) is 84.5 cm³/mol. The van der Waals surface area contributed by atoms with E-state index in [1.54, 1.807) is 0 Å². The third kappa shape index (κ3) is 5.76. The molecule has 1 fully saturated rings. The van der Waals surface area contributed by atoms with Crippen molar-refractivity contribution in [3.05, 3.63) is 29.8 Å². The molecule has 1 unspecified atom stereocenters. The second-order valence-corrected chi connectivity index (χ2v) is 6.01. The quantitative estimate of drug-likeness (QED) is 0.873. The molecule has 1 aromatic rings. The average molecular weight is 290 g/mol. The summed E-state index contributed by atoms with van der Waals surface area (Å²) in [4.78, 5) is 14.1. The fourth-order valence-corrected chi connectivity index (χ4v) is 2.76. The smallest absolute Gasteiger partial charge is 0.257 e. The van der Waals surface area contributed by atoms with E-state index in [2.05, 4.69) is 17.3 Å². The van der Waals surface area contributed by atoms with E-state index in [9.17, 15) is 4.79 Å². The number of carbonyl (C=O) groups is 1. The number of piperidine rings is 1. The van der Waals surface area contributed by atoms with Crippen LogP contribution in [-0.4, -0.2) is 44.1 Å². The Morgan fingerprint density at radius 2 is 2.14 bits per heavy atom. The summed E-state index contributed by atoms with van der Waals surface area (Å²) < 4.78 is 5.46. The molecule has 1 N–H and O–H groups in total. The topological polar surface area (TPSA) is 41.6 Å².